The molecule has 0 amide bonds. The van der Waals surface area contributed by atoms with Crippen molar-refractivity contribution in [3.05, 3.63) is 72.3 Å². The minimum Gasteiger partial charge on any atom is -0.391 e. The van der Waals surface area contributed by atoms with E-state index in [1.165, 1.54) is 0 Å². The summed E-state index contributed by atoms with van der Waals surface area (Å²) in [5, 5.41) is 13.5. The van der Waals surface area contributed by atoms with Crippen molar-refractivity contribution in [2.75, 3.05) is 18.0 Å². The van der Waals surface area contributed by atoms with Crippen LogP contribution in [0.5, 0.6) is 0 Å². The number of nitrogens with one attached hydrogen (secondary N) is 1. The van der Waals surface area contributed by atoms with Crippen LogP contribution in [0.25, 0.3) is 5.82 Å². The van der Waals surface area contributed by atoms with E-state index in [1.807, 2.05) is 48.9 Å². The van der Waals surface area contributed by atoms with Crippen LogP contribution in [0.2, 0.25) is 0 Å². The van der Waals surface area contributed by atoms with Gasteiger partial charge < -0.3 is 19.9 Å². The largest absolute Gasteiger partial charge is 0.391 e. The van der Waals surface area contributed by atoms with E-state index >= 15 is 0 Å². The van der Waals surface area contributed by atoms with Crippen LogP contribution in [0.15, 0.2) is 61.1 Å². The molecular formula is C21H25N5O. The van der Waals surface area contributed by atoms with E-state index < -0.39 is 0 Å². The van der Waals surface area contributed by atoms with E-state index in [0.717, 1.165) is 55.4 Å². The van der Waals surface area contributed by atoms with Gasteiger partial charge in [0.1, 0.15) is 11.6 Å². The van der Waals surface area contributed by atoms with E-state index in [4.69, 9.17) is 0 Å². The zero-order valence-electron chi connectivity index (χ0n) is 15.3. The molecule has 0 aromatic carbocycles. The van der Waals surface area contributed by atoms with Gasteiger partial charge in [-0.2, -0.15) is 0 Å². The zero-order chi connectivity index (χ0) is 18.5. The molecule has 2 N–H and O–H groups in total. The average Bonchev–Trinajstić information content (AvgIpc) is 3.18. The second-order valence-corrected chi connectivity index (χ2v) is 6.89. The fraction of sp³-hybridized carbons (Fsp3) is 0.333. The van der Waals surface area contributed by atoms with Crippen molar-refractivity contribution in [1.29, 1.82) is 0 Å². The molecule has 0 bridgehead atoms. The Hall–Kier alpha value is -2.70. The number of pyridine rings is 2. The summed E-state index contributed by atoms with van der Waals surface area (Å²) in [7, 11) is 0. The number of β-amino-alcohol motifs (C(OH)–C–C–N with tert-alkyl or cyclic N) is 1. The number of hydrogen-bond acceptors (Lipinski definition) is 5. The summed E-state index contributed by atoms with van der Waals surface area (Å²) >= 11 is 0. The third-order valence-corrected chi connectivity index (χ3v) is 4.91. The number of aromatic nitrogens is 3. The highest BCUT2D eigenvalue weighted by molar-refractivity contribution is 5.47. The van der Waals surface area contributed by atoms with Gasteiger partial charge in [0.25, 0.3) is 0 Å². The highest BCUT2D eigenvalue weighted by Gasteiger charge is 2.20. The molecule has 1 fully saturated rings. The van der Waals surface area contributed by atoms with E-state index in [-0.39, 0.29) is 6.10 Å². The molecule has 0 saturated carbocycles. The summed E-state index contributed by atoms with van der Waals surface area (Å²) < 4.78 is 2.10. The summed E-state index contributed by atoms with van der Waals surface area (Å²) in [5.74, 6) is 1.90. The van der Waals surface area contributed by atoms with Crippen LogP contribution in [0.3, 0.4) is 0 Å². The van der Waals surface area contributed by atoms with Gasteiger partial charge in [0.15, 0.2) is 0 Å². The molecule has 0 spiro atoms. The van der Waals surface area contributed by atoms with E-state index in [2.05, 4.69) is 36.9 Å². The molecule has 6 heteroatoms. The van der Waals surface area contributed by atoms with Crippen molar-refractivity contribution >= 4 is 5.82 Å². The molecule has 4 rings (SSSR count). The van der Waals surface area contributed by atoms with Crippen molar-refractivity contribution in [2.45, 2.75) is 32.0 Å². The van der Waals surface area contributed by atoms with E-state index in [1.54, 1.807) is 0 Å². The number of aliphatic hydroxyl groups excluding tert-OH is 1. The van der Waals surface area contributed by atoms with Gasteiger partial charge in [-0.25, -0.2) is 9.97 Å². The van der Waals surface area contributed by atoms with Crippen molar-refractivity contribution in [3.63, 3.8) is 0 Å². The molecular weight excluding hydrogens is 338 g/mol. The lowest BCUT2D eigenvalue weighted by Gasteiger charge is -2.32. The molecule has 1 aliphatic rings. The second-order valence-electron chi connectivity index (χ2n) is 6.89. The fourth-order valence-corrected chi connectivity index (χ4v) is 3.61. The summed E-state index contributed by atoms with van der Waals surface area (Å²) in [6, 6.07) is 14.1. The topological polar surface area (TPSA) is 66.2 Å². The Morgan fingerprint density at radius 3 is 2.81 bits per heavy atom. The quantitative estimate of drug-likeness (QED) is 0.704. The number of aliphatic hydroxyl groups is 1. The van der Waals surface area contributed by atoms with Crippen molar-refractivity contribution in [3.8, 4) is 5.82 Å². The monoisotopic (exact) mass is 363 g/mol. The Morgan fingerprint density at radius 2 is 1.96 bits per heavy atom. The molecule has 1 aliphatic heterocycles. The van der Waals surface area contributed by atoms with Gasteiger partial charge in [-0.1, -0.05) is 12.1 Å². The Bertz CT molecular complexity index is 864. The van der Waals surface area contributed by atoms with Gasteiger partial charge >= 0.3 is 0 Å². The third kappa shape index (κ3) is 4.18. The zero-order valence-corrected chi connectivity index (χ0v) is 15.3. The van der Waals surface area contributed by atoms with Gasteiger partial charge in [0.05, 0.1) is 6.10 Å². The van der Waals surface area contributed by atoms with Gasteiger partial charge in [0.2, 0.25) is 0 Å². The smallest absolute Gasteiger partial charge is 0.136 e. The Balaban J connectivity index is 1.43. The van der Waals surface area contributed by atoms with Crippen LogP contribution in [0, 0.1) is 0 Å². The molecule has 4 heterocycles. The molecule has 0 radical (unpaired) electrons. The highest BCUT2D eigenvalue weighted by Crippen LogP contribution is 2.22. The molecule has 3 aromatic rings. The molecule has 140 valence electrons. The van der Waals surface area contributed by atoms with Crippen LogP contribution in [0.4, 0.5) is 5.82 Å². The lowest BCUT2D eigenvalue weighted by atomic mass is 10.1. The minimum atomic E-state index is -0.261. The Labute approximate surface area is 159 Å². The van der Waals surface area contributed by atoms with Gasteiger partial charge in [-0.05, 0) is 43.2 Å². The SMILES string of the molecule is OC1CCCN(c2ncccc2CNCc2cccn2-c2ccccn2)C1. The molecule has 3 aromatic heterocycles. The second kappa shape index (κ2) is 8.33. The number of hydrogen-bond donors (Lipinski definition) is 2. The first-order chi connectivity index (χ1) is 13.3. The normalized spacial score (nSPS) is 17.2. The maximum atomic E-state index is 9.98. The lowest BCUT2D eigenvalue weighted by Crippen LogP contribution is -2.39. The highest BCUT2D eigenvalue weighted by atomic mass is 16.3. The first-order valence-corrected chi connectivity index (χ1v) is 9.46. The lowest BCUT2D eigenvalue weighted by molar-refractivity contribution is 0.154. The summed E-state index contributed by atoms with van der Waals surface area (Å²) in [4.78, 5) is 11.2. The predicted octanol–water partition coefficient (Wildman–Crippen LogP) is 2.52. The van der Waals surface area contributed by atoms with Gasteiger partial charge in [-0.15, -0.1) is 0 Å². The van der Waals surface area contributed by atoms with Crippen molar-refractivity contribution in [1.82, 2.24) is 19.9 Å². The van der Waals surface area contributed by atoms with Crippen molar-refractivity contribution < 1.29 is 5.11 Å². The predicted molar refractivity (Wildman–Crippen MR) is 106 cm³/mol. The maximum absolute atomic E-state index is 9.98. The van der Waals surface area contributed by atoms with Crippen LogP contribution in [0.1, 0.15) is 24.1 Å². The molecule has 1 saturated heterocycles. The van der Waals surface area contributed by atoms with Crippen molar-refractivity contribution in [2.24, 2.45) is 0 Å². The third-order valence-electron chi connectivity index (χ3n) is 4.91. The molecule has 1 unspecified atom stereocenters. The fourth-order valence-electron chi connectivity index (χ4n) is 3.61. The van der Waals surface area contributed by atoms with E-state index in [0.29, 0.717) is 6.54 Å². The first kappa shape index (κ1) is 17.7. The van der Waals surface area contributed by atoms with Crippen LogP contribution in [-0.2, 0) is 13.1 Å². The first-order valence-electron chi connectivity index (χ1n) is 9.46. The van der Waals surface area contributed by atoms with Crippen LogP contribution >= 0.6 is 0 Å². The number of anilines is 1. The summed E-state index contributed by atoms with van der Waals surface area (Å²) in [6.07, 6.45) is 7.28. The van der Waals surface area contributed by atoms with Gasteiger partial charge in [0, 0.05) is 56.0 Å². The van der Waals surface area contributed by atoms with Crippen LogP contribution in [-0.4, -0.2) is 38.8 Å². The minimum absolute atomic E-state index is 0.261. The molecule has 0 aliphatic carbocycles. The summed E-state index contributed by atoms with van der Waals surface area (Å²) in [5.41, 5.74) is 2.31. The molecule has 1 atom stereocenters. The Morgan fingerprint density at radius 1 is 1.04 bits per heavy atom. The number of piperidine rings is 1. The number of rotatable bonds is 6. The Kier molecular flexibility index (Phi) is 5.46. The maximum Gasteiger partial charge on any atom is 0.136 e. The van der Waals surface area contributed by atoms with Gasteiger partial charge in [-0.3, -0.25) is 0 Å². The average molecular weight is 363 g/mol. The standard InChI is InChI=1S/C21H25N5O/c27-19-8-5-12-25(16-19)21-17(6-3-11-24-21)14-22-15-18-7-4-13-26(18)20-9-1-2-10-23-20/h1-4,6-7,9-11,13,19,22,27H,5,8,12,14-16H2. The molecule has 27 heavy (non-hydrogen) atoms. The number of nitrogens with zero attached hydrogens (tertiary/aromatic N) is 4. The summed E-state index contributed by atoms with van der Waals surface area (Å²) in [6.45, 7) is 3.07. The molecule has 6 nitrogen and oxygen atoms in total. The van der Waals surface area contributed by atoms with Crippen LogP contribution < -0.4 is 10.2 Å². The van der Waals surface area contributed by atoms with E-state index in [9.17, 15) is 5.11 Å².